The van der Waals surface area contributed by atoms with Crippen LogP contribution in [0.15, 0.2) is 0 Å². The van der Waals surface area contributed by atoms with E-state index in [1.807, 2.05) is 0 Å². The minimum absolute atomic E-state index is 0.00965. The first kappa shape index (κ1) is 14.6. The highest BCUT2D eigenvalue weighted by atomic mass is 32.2. The topological polar surface area (TPSA) is 104 Å². The fourth-order valence-corrected chi connectivity index (χ4v) is 5.59. The van der Waals surface area contributed by atoms with E-state index in [1.165, 1.54) is 0 Å². The Morgan fingerprint density at radius 2 is 1.95 bits per heavy atom. The molecule has 4 unspecified atom stereocenters. The molecule has 0 aromatic carbocycles. The summed E-state index contributed by atoms with van der Waals surface area (Å²) in [6, 6.07) is -0.906. The van der Waals surface area contributed by atoms with Gasteiger partial charge in [-0.3, -0.25) is 4.79 Å². The Bertz CT molecular complexity index is 561. The summed E-state index contributed by atoms with van der Waals surface area (Å²) in [4.78, 5) is 25.2. The number of urea groups is 1. The maximum Gasteiger partial charge on any atom is 0.318 e. The molecular weight excluding hydrogens is 296 g/mol. The average molecular weight is 316 g/mol. The van der Waals surface area contributed by atoms with Crippen molar-refractivity contribution in [2.75, 3.05) is 11.5 Å². The molecule has 3 saturated heterocycles. The summed E-state index contributed by atoms with van der Waals surface area (Å²) in [6.45, 7) is 0. The van der Waals surface area contributed by atoms with E-state index in [-0.39, 0.29) is 35.7 Å². The molecular formula is C13H20N2O5S. The maximum atomic E-state index is 12.4. The van der Waals surface area contributed by atoms with Crippen molar-refractivity contribution in [1.82, 2.24) is 10.2 Å². The number of nitrogens with one attached hydrogen (secondary N) is 1. The van der Waals surface area contributed by atoms with Crippen molar-refractivity contribution in [3.8, 4) is 0 Å². The fraction of sp³-hybridized carbons (Fsp3) is 0.846. The third kappa shape index (κ3) is 2.73. The Labute approximate surface area is 123 Å². The van der Waals surface area contributed by atoms with Gasteiger partial charge >= 0.3 is 12.0 Å². The van der Waals surface area contributed by atoms with Crippen LogP contribution in [-0.2, 0) is 14.6 Å². The lowest BCUT2D eigenvalue weighted by atomic mass is 9.89. The molecule has 2 N–H and O–H groups in total. The van der Waals surface area contributed by atoms with Gasteiger partial charge in [-0.2, -0.15) is 0 Å². The number of carboxylic acids is 1. The van der Waals surface area contributed by atoms with Gasteiger partial charge < -0.3 is 15.3 Å². The minimum Gasteiger partial charge on any atom is -0.481 e. The Morgan fingerprint density at radius 1 is 1.19 bits per heavy atom. The van der Waals surface area contributed by atoms with E-state index in [0.29, 0.717) is 19.3 Å². The first-order valence-corrected chi connectivity index (χ1v) is 9.21. The van der Waals surface area contributed by atoms with Crippen molar-refractivity contribution in [2.45, 2.75) is 50.2 Å². The molecule has 8 heteroatoms. The van der Waals surface area contributed by atoms with Crippen LogP contribution >= 0.6 is 0 Å². The zero-order valence-corrected chi connectivity index (χ0v) is 12.5. The van der Waals surface area contributed by atoms with Gasteiger partial charge in [0.2, 0.25) is 0 Å². The lowest BCUT2D eigenvalue weighted by molar-refractivity contribution is -0.142. The predicted octanol–water partition coefficient (Wildman–Crippen LogP) is 0.211. The number of nitrogens with zero attached hydrogens (tertiary/aromatic N) is 1. The minimum atomic E-state index is -3.06. The molecule has 21 heavy (non-hydrogen) atoms. The van der Waals surface area contributed by atoms with Crippen LogP contribution in [0.5, 0.6) is 0 Å². The standard InChI is InChI=1S/C13H20N2O5S/c16-12(17)10-6-9-3-4-11(10)15(9)13(18)14-8-2-1-5-21(19,20)7-8/h8-11H,1-7H2,(H,14,18)(H,16,17). The second-order valence-electron chi connectivity index (χ2n) is 6.29. The molecule has 7 nitrogen and oxygen atoms in total. The molecule has 3 fully saturated rings. The van der Waals surface area contributed by atoms with Crippen LogP contribution in [-0.4, -0.2) is 60.1 Å². The number of carbonyl (C=O) groups excluding carboxylic acids is 1. The van der Waals surface area contributed by atoms with Gasteiger partial charge in [-0.1, -0.05) is 0 Å². The number of sulfone groups is 1. The van der Waals surface area contributed by atoms with E-state index in [9.17, 15) is 23.1 Å². The van der Waals surface area contributed by atoms with Crippen molar-refractivity contribution < 1.29 is 23.1 Å². The zero-order valence-electron chi connectivity index (χ0n) is 11.7. The fourth-order valence-electron chi connectivity index (χ4n) is 3.96. The summed E-state index contributed by atoms with van der Waals surface area (Å²) in [5.41, 5.74) is 0. The summed E-state index contributed by atoms with van der Waals surface area (Å²) in [6.07, 6.45) is 3.30. The van der Waals surface area contributed by atoms with Gasteiger partial charge in [0.15, 0.2) is 9.84 Å². The van der Waals surface area contributed by atoms with Crippen LogP contribution in [0.3, 0.4) is 0 Å². The number of amides is 2. The van der Waals surface area contributed by atoms with Crippen molar-refractivity contribution in [2.24, 2.45) is 5.92 Å². The molecule has 2 bridgehead atoms. The van der Waals surface area contributed by atoms with Crippen molar-refractivity contribution in [1.29, 1.82) is 0 Å². The SMILES string of the molecule is O=C(O)C1CC2CCC1N2C(=O)NC1CCCS(=O)(=O)C1. The molecule has 0 saturated carbocycles. The quantitative estimate of drug-likeness (QED) is 0.758. The maximum absolute atomic E-state index is 12.4. The smallest absolute Gasteiger partial charge is 0.318 e. The first-order chi connectivity index (χ1) is 9.87. The Balaban J connectivity index is 1.65. The number of carboxylic acid groups (broad SMARTS) is 1. The van der Waals surface area contributed by atoms with Crippen LogP contribution in [0.4, 0.5) is 4.79 Å². The number of aliphatic carboxylic acids is 1. The molecule has 3 rings (SSSR count). The summed E-state index contributed by atoms with van der Waals surface area (Å²) in [5, 5.41) is 12.0. The Morgan fingerprint density at radius 3 is 2.57 bits per heavy atom. The van der Waals surface area contributed by atoms with Crippen LogP contribution < -0.4 is 5.32 Å². The van der Waals surface area contributed by atoms with Gasteiger partial charge in [-0.25, -0.2) is 13.2 Å². The second-order valence-corrected chi connectivity index (χ2v) is 8.52. The molecule has 0 aliphatic carbocycles. The van der Waals surface area contributed by atoms with E-state index in [1.54, 1.807) is 4.90 Å². The number of carbonyl (C=O) groups is 2. The van der Waals surface area contributed by atoms with Crippen LogP contribution in [0, 0.1) is 5.92 Å². The number of hydrogen-bond donors (Lipinski definition) is 2. The van der Waals surface area contributed by atoms with Gasteiger partial charge in [0.25, 0.3) is 0 Å². The second kappa shape index (κ2) is 5.15. The van der Waals surface area contributed by atoms with Crippen LogP contribution in [0.25, 0.3) is 0 Å². The van der Waals surface area contributed by atoms with Gasteiger partial charge in [-0.15, -0.1) is 0 Å². The summed E-state index contributed by atoms with van der Waals surface area (Å²) in [7, 11) is -3.06. The summed E-state index contributed by atoms with van der Waals surface area (Å²) < 4.78 is 23.2. The molecule has 3 heterocycles. The Hall–Kier alpha value is -1.31. The summed E-state index contributed by atoms with van der Waals surface area (Å²) in [5.74, 6) is -1.15. The first-order valence-electron chi connectivity index (χ1n) is 7.39. The van der Waals surface area contributed by atoms with Gasteiger partial charge in [0.1, 0.15) is 0 Å². The lowest BCUT2D eigenvalue weighted by Crippen LogP contribution is -2.51. The molecule has 0 spiro atoms. The van der Waals surface area contributed by atoms with Gasteiger partial charge in [-0.05, 0) is 32.1 Å². The van der Waals surface area contributed by atoms with Crippen molar-refractivity contribution in [3.05, 3.63) is 0 Å². The van der Waals surface area contributed by atoms with E-state index in [2.05, 4.69) is 5.32 Å². The highest BCUT2D eigenvalue weighted by Gasteiger charge is 2.51. The number of rotatable bonds is 2. The third-order valence-electron chi connectivity index (χ3n) is 4.88. The van der Waals surface area contributed by atoms with Crippen LogP contribution in [0.1, 0.15) is 32.1 Å². The van der Waals surface area contributed by atoms with Crippen molar-refractivity contribution in [3.63, 3.8) is 0 Å². The molecule has 0 radical (unpaired) electrons. The molecule has 3 aliphatic heterocycles. The highest BCUT2D eigenvalue weighted by Crippen LogP contribution is 2.41. The molecule has 0 aromatic heterocycles. The monoisotopic (exact) mass is 316 g/mol. The van der Waals surface area contributed by atoms with E-state index >= 15 is 0 Å². The zero-order chi connectivity index (χ0) is 15.2. The van der Waals surface area contributed by atoms with Crippen molar-refractivity contribution >= 4 is 21.8 Å². The number of fused-ring (bicyclic) bond motifs is 2. The summed E-state index contributed by atoms with van der Waals surface area (Å²) >= 11 is 0. The van der Waals surface area contributed by atoms with Gasteiger partial charge in [0, 0.05) is 18.1 Å². The lowest BCUT2D eigenvalue weighted by Gasteiger charge is -2.28. The molecule has 118 valence electrons. The molecule has 2 amide bonds. The average Bonchev–Trinajstić information content (AvgIpc) is 2.94. The van der Waals surface area contributed by atoms with E-state index < -0.39 is 21.7 Å². The predicted molar refractivity (Wildman–Crippen MR) is 74.6 cm³/mol. The molecule has 3 aliphatic rings. The van der Waals surface area contributed by atoms with E-state index in [4.69, 9.17) is 0 Å². The van der Waals surface area contributed by atoms with Gasteiger partial charge in [0.05, 0.1) is 17.4 Å². The van der Waals surface area contributed by atoms with Crippen LogP contribution in [0.2, 0.25) is 0 Å². The normalized spacial score (nSPS) is 37.4. The number of hydrogen-bond acceptors (Lipinski definition) is 4. The largest absolute Gasteiger partial charge is 0.481 e. The molecule has 4 atom stereocenters. The molecule has 0 aromatic rings. The Kier molecular flexibility index (Phi) is 3.59. The van der Waals surface area contributed by atoms with E-state index in [0.717, 1.165) is 12.8 Å². The highest BCUT2D eigenvalue weighted by molar-refractivity contribution is 7.91. The third-order valence-corrected chi connectivity index (χ3v) is 6.70.